The van der Waals surface area contributed by atoms with Crippen LogP contribution in [0.25, 0.3) is 20.9 Å². The third-order valence-corrected chi connectivity index (χ3v) is 5.04. The van der Waals surface area contributed by atoms with E-state index in [1.807, 2.05) is 60.7 Å². The topological polar surface area (TPSA) is 125 Å². The third-order valence-electron chi connectivity index (χ3n) is 4.68. The van der Waals surface area contributed by atoms with Gasteiger partial charge in [0, 0.05) is 9.82 Å². The average molecular weight is 429 g/mol. The van der Waals surface area contributed by atoms with E-state index in [2.05, 4.69) is 20.1 Å². The zero-order valence-corrected chi connectivity index (χ0v) is 16.8. The van der Waals surface area contributed by atoms with Crippen molar-refractivity contribution >= 4 is 11.6 Å². The molecule has 0 aromatic heterocycles. The second-order valence-corrected chi connectivity index (χ2v) is 7.09. The SMILES string of the molecule is [N-]=[N+]=NC[C@@H]1O[C@@H](Cl)[C@H](N=[N+]=[N-])[C@@H](OCc2ccccc2)[C@@H]1OCc1ccccc1. The summed E-state index contributed by atoms with van der Waals surface area (Å²) in [4.78, 5) is 5.70. The van der Waals surface area contributed by atoms with E-state index >= 15 is 0 Å². The maximum atomic E-state index is 9.02. The first kappa shape index (κ1) is 21.9. The highest BCUT2D eigenvalue weighted by atomic mass is 35.5. The van der Waals surface area contributed by atoms with E-state index in [0.717, 1.165) is 11.1 Å². The van der Waals surface area contributed by atoms with Crippen molar-refractivity contribution < 1.29 is 14.2 Å². The molecule has 9 nitrogen and oxygen atoms in total. The lowest BCUT2D eigenvalue weighted by Crippen LogP contribution is -2.58. The van der Waals surface area contributed by atoms with Gasteiger partial charge in [-0.2, -0.15) is 0 Å². The maximum absolute atomic E-state index is 9.02. The summed E-state index contributed by atoms with van der Waals surface area (Å²) in [5, 5.41) is 7.41. The summed E-state index contributed by atoms with van der Waals surface area (Å²) in [7, 11) is 0. The predicted molar refractivity (Wildman–Crippen MR) is 111 cm³/mol. The van der Waals surface area contributed by atoms with Gasteiger partial charge in [0.05, 0.1) is 32.0 Å². The van der Waals surface area contributed by atoms with Crippen LogP contribution < -0.4 is 0 Å². The summed E-state index contributed by atoms with van der Waals surface area (Å²) in [6.45, 7) is 0.558. The van der Waals surface area contributed by atoms with Gasteiger partial charge in [-0.25, -0.2) is 0 Å². The Hall–Kier alpha value is -2.77. The maximum Gasteiger partial charge on any atom is 0.142 e. The Morgan fingerprint density at radius 2 is 1.43 bits per heavy atom. The van der Waals surface area contributed by atoms with Crippen molar-refractivity contribution in [2.45, 2.75) is 43.1 Å². The Morgan fingerprint density at radius 3 is 1.97 bits per heavy atom. The van der Waals surface area contributed by atoms with Gasteiger partial charge in [0.2, 0.25) is 0 Å². The molecule has 2 aromatic carbocycles. The molecule has 1 heterocycles. The van der Waals surface area contributed by atoms with Crippen LogP contribution >= 0.6 is 11.6 Å². The molecule has 5 atom stereocenters. The minimum atomic E-state index is -0.947. The number of hydrogen-bond donors (Lipinski definition) is 0. The number of rotatable bonds is 9. The largest absolute Gasteiger partial charge is 0.370 e. The lowest BCUT2D eigenvalue weighted by molar-refractivity contribution is -0.197. The summed E-state index contributed by atoms with van der Waals surface area (Å²) in [6, 6.07) is 18.4. The first-order chi connectivity index (χ1) is 14.7. The van der Waals surface area contributed by atoms with Crippen LogP contribution in [0.1, 0.15) is 11.1 Å². The van der Waals surface area contributed by atoms with Crippen LogP contribution in [0.4, 0.5) is 0 Å². The van der Waals surface area contributed by atoms with Crippen LogP contribution in [0.5, 0.6) is 0 Å². The molecule has 0 aliphatic carbocycles. The van der Waals surface area contributed by atoms with E-state index in [4.69, 9.17) is 36.9 Å². The highest BCUT2D eigenvalue weighted by Gasteiger charge is 2.46. The number of azide groups is 2. The predicted octanol–water partition coefficient (Wildman–Crippen LogP) is 5.11. The van der Waals surface area contributed by atoms with Crippen molar-refractivity contribution in [1.82, 2.24) is 0 Å². The van der Waals surface area contributed by atoms with Gasteiger partial charge in [0.15, 0.2) is 0 Å². The molecule has 0 spiro atoms. The summed E-state index contributed by atoms with van der Waals surface area (Å²) in [5.41, 5.74) is 18.7. The summed E-state index contributed by atoms with van der Waals surface area (Å²) >= 11 is 6.34. The lowest BCUT2D eigenvalue weighted by atomic mass is 9.97. The quantitative estimate of drug-likeness (QED) is 0.238. The van der Waals surface area contributed by atoms with Crippen LogP contribution in [0.3, 0.4) is 0 Å². The minimum Gasteiger partial charge on any atom is -0.370 e. The molecule has 3 rings (SSSR count). The molecule has 0 bridgehead atoms. The number of halogens is 1. The molecule has 156 valence electrons. The van der Waals surface area contributed by atoms with Gasteiger partial charge in [0.25, 0.3) is 0 Å². The number of alkyl halides is 1. The van der Waals surface area contributed by atoms with Crippen LogP contribution in [0.2, 0.25) is 0 Å². The van der Waals surface area contributed by atoms with Crippen molar-refractivity contribution in [3.8, 4) is 0 Å². The highest BCUT2D eigenvalue weighted by Crippen LogP contribution is 2.31. The van der Waals surface area contributed by atoms with Gasteiger partial charge < -0.3 is 14.2 Å². The zero-order valence-electron chi connectivity index (χ0n) is 16.1. The Bertz CT molecular complexity index is 890. The fourth-order valence-corrected chi connectivity index (χ4v) is 3.58. The van der Waals surface area contributed by atoms with Crippen molar-refractivity contribution in [3.05, 3.63) is 92.7 Å². The molecule has 1 saturated heterocycles. The van der Waals surface area contributed by atoms with Crippen molar-refractivity contribution in [1.29, 1.82) is 0 Å². The van der Waals surface area contributed by atoms with Gasteiger partial charge in [-0.3, -0.25) is 0 Å². The number of benzene rings is 2. The van der Waals surface area contributed by atoms with Gasteiger partial charge in [-0.1, -0.05) is 82.5 Å². The van der Waals surface area contributed by atoms with E-state index in [1.54, 1.807) is 0 Å². The molecule has 30 heavy (non-hydrogen) atoms. The molecule has 1 fully saturated rings. The number of nitrogens with zero attached hydrogens (tertiary/aromatic N) is 6. The number of hydrogen-bond acceptors (Lipinski definition) is 5. The minimum absolute atomic E-state index is 0.00730. The van der Waals surface area contributed by atoms with Crippen molar-refractivity contribution in [2.24, 2.45) is 10.2 Å². The van der Waals surface area contributed by atoms with Crippen LogP contribution in [-0.2, 0) is 27.4 Å². The van der Waals surface area contributed by atoms with Gasteiger partial charge in [-0.15, -0.1) is 0 Å². The Kier molecular flexibility index (Phi) is 8.35. The van der Waals surface area contributed by atoms with Gasteiger partial charge in [-0.05, 0) is 22.2 Å². The fraction of sp³-hybridized carbons (Fsp3) is 0.400. The van der Waals surface area contributed by atoms with E-state index in [-0.39, 0.29) is 19.8 Å². The van der Waals surface area contributed by atoms with Crippen molar-refractivity contribution in [2.75, 3.05) is 6.54 Å². The molecular weight excluding hydrogens is 408 g/mol. The average Bonchev–Trinajstić information content (AvgIpc) is 2.78. The highest BCUT2D eigenvalue weighted by molar-refractivity contribution is 6.20. The van der Waals surface area contributed by atoms with E-state index in [9.17, 15) is 0 Å². The molecule has 0 saturated carbocycles. The molecule has 10 heteroatoms. The molecule has 2 aromatic rings. The van der Waals surface area contributed by atoms with Crippen LogP contribution in [0, 0.1) is 0 Å². The normalized spacial score (nSPS) is 25.7. The monoisotopic (exact) mass is 428 g/mol. The Morgan fingerprint density at radius 1 is 0.867 bits per heavy atom. The summed E-state index contributed by atoms with van der Waals surface area (Å²) in [5.74, 6) is 0. The van der Waals surface area contributed by atoms with Gasteiger partial charge >= 0.3 is 0 Å². The van der Waals surface area contributed by atoms with Crippen LogP contribution in [-0.4, -0.2) is 36.5 Å². The molecule has 0 unspecified atom stereocenters. The lowest BCUT2D eigenvalue weighted by Gasteiger charge is -2.42. The molecule has 0 N–H and O–H groups in total. The standard InChI is InChI=1S/C20H21ClN6O3/c21-20-17(25-27-23)19(29-13-15-9-5-2-6-10-15)18(16(30-20)11-24-26-22)28-12-14-7-3-1-4-8-14/h1-10,16-20H,11-13H2/t16-,17+,18+,19+,20+/m0/s1. The van der Waals surface area contributed by atoms with E-state index in [0.29, 0.717) is 0 Å². The van der Waals surface area contributed by atoms with E-state index < -0.39 is 29.9 Å². The van der Waals surface area contributed by atoms with Crippen LogP contribution in [0.15, 0.2) is 70.9 Å². The third kappa shape index (κ3) is 5.87. The second kappa shape index (κ2) is 11.4. The first-order valence-electron chi connectivity index (χ1n) is 9.38. The summed E-state index contributed by atoms with van der Waals surface area (Å²) < 4.78 is 18.0. The smallest absolute Gasteiger partial charge is 0.142 e. The Labute approximate surface area is 178 Å². The first-order valence-corrected chi connectivity index (χ1v) is 9.82. The molecule has 1 aliphatic rings. The zero-order chi connectivity index (χ0) is 21.2. The number of ether oxygens (including phenoxy) is 3. The molecular formula is C20H21ClN6O3. The second-order valence-electron chi connectivity index (χ2n) is 6.66. The van der Waals surface area contributed by atoms with E-state index in [1.165, 1.54) is 0 Å². The summed E-state index contributed by atoms with van der Waals surface area (Å²) in [6.07, 6.45) is -2.01. The Balaban J connectivity index is 1.84. The van der Waals surface area contributed by atoms with Crippen molar-refractivity contribution in [3.63, 3.8) is 0 Å². The fourth-order valence-electron chi connectivity index (χ4n) is 3.25. The molecule has 0 radical (unpaired) electrons. The molecule has 0 amide bonds. The molecule has 1 aliphatic heterocycles. The van der Waals surface area contributed by atoms with Gasteiger partial charge in [0.1, 0.15) is 17.7 Å².